The van der Waals surface area contributed by atoms with E-state index < -0.39 is 5.97 Å². The highest BCUT2D eigenvalue weighted by atomic mass is 32.1. The fraction of sp³-hybridized carbons (Fsp3) is 0.0769. The van der Waals surface area contributed by atoms with Gasteiger partial charge >= 0.3 is 5.97 Å². The third kappa shape index (κ3) is 1.89. The topological polar surface area (TPSA) is 63.3 Å². The molecule has 0 aliphatic heterocycles. The number of hydrogen-bond acceptors (Lipinski definition) is 4. The molecule has 0 saturated heterocycles. The van der Waals surface area contributed by atoms with E-state index in [-0.39, 0.29) is 6.42 Å². The van der Waals surface area contributed by atoms with Gasteiger partial charge in [0.15, 0.2) is 5.58 Å². The monoisotopic (exact) mass is 259 g/mol. The molecule has 0 spiro atoms. The van der Waals surface area contributed by atoms with E-state index in [2.05, 4.69) is 5.16 Å². The quantitative estimate of drug-likeness (QED) is 0.784. The number of benzene rings is 1. The number of hydrogen-bond donors (Lipinski definition) is 1. The smallest absolute Gasteiger partial charge is 0.309 e. The Kier molecular flexibility index (Phi) is 2.60. The average Bonchev–Trinajstić information content (AvgIpc) is 2.92. The van der Waals surface area contributed by atoms with Crippen molar-refractivity contribution in [3.63, 3.8) is 0 Å². The summed E-state index contributed by atoms with van der Waals surface area (Å²) in [6.07, 6.45) is -0.109. The van der Waals surface area contributed by atoms with Gasteiger partial charge in [-0.15, -0.1) is 11.3 Å². The van der Waals surface area contributed by atoms with Crippen LogP contribution in [0.4, 0.5) is 0 Å². The van der Waals surface area contributed by atoms with Gasteiger partial charge in [-0.3, -0.25) is 4.79 Å². The van der Waals surface area contributed by atoms with E-state index in [1.807, 2.05) is 36.4 Å². The van der Waals surface area contributed by atoms with Gasteiger partial charge in [-0.05, 0) is 5.56 Å². The summed E-state index contributed by atoms with van der Waals surface area (Å²) in [5, 5.41) is 12.6. The maximum Gasteiger partial charge on any atom is 0.309 e. The van der Waals surface area contributed by atoms with Gasteiger partial charge in [0.2, 0.25) is 0 Å². The number of fused-ring (bicyclic) bond motifs is 1. The van der Waals surface area contributed by atoms with Crippen molar-refractivity contribution in [3.8, 4) is 10.4 Å². The van der Waals surface area contributed by atoms with Gasteiger partial charge in [0.05, 0.1) is 11.1 Å². The van der Waals surface area contributed by atoms with Crippen molar-refractivity contribution in [1.82, 2.24) is 5.16 Å². The van der Waals surface area contributed by atoms with Gasteiger partial charge in [-0.25, -0.2) is 0 Å². The minimum Gasteiger partial charge on any atom is -0.481 e. The van der Waals surface area contributed by atoms with Crippen LogP contribution in [-0.2, 0) is 11.2 Å². The second kappa shape index (κ2) is 4.27. The lowest BCUT2D eigenvalue weighted by Crippen LogP contribution is -1.99. The van der Waals surface area contributed by atoms with E-state index in [9.17, 15) is 4.79 Å². The number of carboxylic acid groups (broad SMARTS) is 1. The number of thiophene rings is 1. The predicted octanol–water partition coefficient (Wildman–Crippen LogP) is 3.18. The Labute approximate surface area is 106 Å². The van der Waals surface area contributed by atoms with Crippen LogP contribution < -0.4 is 0 Å². The minimum absolute atomic E-state index is 0.109. The van der Waals surface area contributed by atoms with E-state index in [0.717, 1.165) is 15.1 Å². The molecule has 1 aromatic carbocycles. The van der Waals surface area contributed by atoms with Gasteiger partial charge in [0, 0.05) is 10.9 Å². The van der Waals surface area contributed by atoms with Crippen molar-refractivity contribution in [2.24, 2.45) is 0 Å². The number of carbonyl (C=O) groups is 1. The molecule has 0 atom stereocenters. The normalized spacial score (nSPS) is 10.9. The van der Waals surface area contributed by atoms with E-state index in [1.54, 1.807) is 0 Å². The van der Waals surface area contributed by atoms with Crippen LogP contribution in [0.5, 0.6) is 0 Å². The van der Waals surface area contributed by atoms with Crippen LogP contribution in [0.2, 0.25) is 0 Å². The molecule has 0 saturated carbocycles. The molecule has 90 valence electrons. The molecule has 2 aromatic heterocycles. The lowest BCUT2D eigenvalue weighted by atomic mass is 10.2. The van der Waals surface area contributed by atoms with E-state index in [1.165, 1.54) is 11.3 Å². The van der Waals surface area contributed by atoms with E-state index in [0.29, 0.717) is 11.3 Å². The Balaban J connectivity index is 2.07. The first-order valence-electron chi connectivity index (χ1n) is 5.39. The summed E-state index contributed by atoms with van der Waals surface area (Å²) in [6, 6.07) is 11.8. The SMILES string of the molecule is O=C(O)Cc1noc2cc(-c3ccccc3)sc12. The molecule has 2 heterocycles. The lowest BCUT2D eigenvalue weighted by molar-refractivity contribution is -0.136. The molecule has 3 aromatic rings. The summed E-state index contributed by atoms with van der Waals surface area (Å²) in [4.78, 5) is 11.8. The van der Waals surface area contributed by atoms with Crippen molar-refractivity contribution in [1.29, 1.82) is 0 Å². The zero-order valence-electron chi connectivity index (χ0n) is 9.29. The van der Waals surface area contributed by atoms with Crippen molar-refractivity contribution >= 4 is 27.6 Å². The second-order valence-corrected chi connectivity index (χ2v) is 4.92. The molecule has 0 radical (unpaired) electrons. The summed E-state index contributed by atoms with van der Waals surface area (Å²) in [7, 11) is 0. The third-order valence-corrected chi connectivity index (χ3v) is 3.81. The molecule has 18 heavy (non-hydrogen) atoms. The Bertz CT molecular complexity index is 699. The summed E-state index contributed by atoms with van der Waals surface area (Å²) >= 11 is 1.51. The summed E-state index contributed by atoms with van der Waals surface area (Å²) in [6.45, 7) is 0. The molecule has 0 aliphatic carbocycles. The van der Waals surface area contributed by atoms with Gasteiger partial charge in [-0.1, -0.05) is 35.5 Å². The standard InChI is InChI=1S/C13H9NO3S/c15-12(16)6-9-13-10(17-14-9)7-11(18-13)8-4-2-1-3-5-8/h1-5,7H,6H2,(H,15,16). The predicted molar refractivity (Wildman–Crippen MR) is 68.7 cm³/mol. The molecule has 0 bridgehead atoms. The Morgan fingerprint density at radius 3 is 2.83 bits per heavy atom. The maximum absolute atomic E-state index is 10.7. The van der Waals surface area contributed by atoms with Gasteiger partial charge < -0.3 is 9.63 Å². The molecule has 0 unspecified atom stereocenters. The molecule has 4 nitrogen and oxygen atoms in total. The third-order valence-electron chi connectivity index (χ3n) is 2.59. The van der Waals surface area contributed by atoms with Crippen molar-refractivity contribution in [3.05, 3.63) is 42.1 Å². The molecule has 0 aliphatic rings. The molecule has 0 fully saturated rings. The number of carboxylic acids is 1. The fourth-order valence-corrected chi connectivity index (χ4v) is 2.85. The number of aromatic nitrogens is 1. The van der Waals surface area contributed by atoms with Crippen LogP contribution in [0.3, 0.4) is 0 Å². The first-order chi connectivity index (χ1) is 8.74. The first-order valence-corrected chi connectivity index (χ1v) is 6.21. The Hall–Kier alpha value is -2.14. The molecular weight excluding hydrogens is 250 g/mol. The van der Waals surface area contributed by atoms with Gasteiger partial charge in [-0.2, -0.15) is 0 Å². The maximum atomic E-state index is 10.7. The van der Waals surface area contributed by atoms with Crippen molar-refractivity contribution in [2.45, 2.75) is 6.42 Å². The van der Waals surface area contributed by atoms with E-state index in [4.69, 9.17) is 9.63 Å². The van der Waals surface area contributed by atoms with Crippen LogP contribution >= 0.6 is 11.3 Å². The summed E-state index contributed by atoms with van der Waals surface area (Å²) in [5.41, 5.74) is 2.23. The zero-order chi connectivity index (χ0) is 12.5. The Morgan fingerprint density at radius 1 is 1.33 bits per heavy atom. The summed E-state index contributed by atoms with van der Waals surface area (Å²) in [5.74, 6) is -0.903. The van der Waals surface area contributed by atoms with Gasteiger partial charge in [0.1, 0.15) is 5.69 Å². The first kappa shape index (κ1) is 11.0. The minimum atomic E-state index is -0.903. The highest BCUT2D eigenvalue weighted by Gasteiger charge is 2.15. The van der Waals surface area contributed by atoms with Crippen LogP contribution in [0.1, 0.15) is 5.69 Å². The van der Waals surface area contributed by atoms with Crippen LogP contribution in [-0.4, -0.2) is 16.2 Å². The Morgan fingerprint density at radius 2 is 2.11 bits per heavy atom. The van der Waals surface area contributed by atoms with Gasteiger partial charge in [0.25, 0.3) is 0 Å². The number of nitrogens with zero attached hydrogens (tertiary/aromatic N) is 1. The second-order valence-electron chi connectivity index (χ2n) is 3.87. The molecule has 0 amide bonds. The highest BCUT2D eigenvalue weighted by molar-refractivity contribution is 7.22. The number of rotatable bonds is 3. The largest absolute Gasteiger partial charge is 0.481 e. The highest BCUT2D eigenvalue weighted by Crippen LogP contribution is 2.35. The molecule has 3 rings (SSSR count). The summed E-state index contributed by atoms with van der Waals surface area (Å²) < 4.78 is 5.97. The molecular formula is C13H9NO3S. The molecule has 1 N–H and O–H groups in total. The number of aliphatic carboxylic acids is 1. The van der Waals surface area contributed by atoms with Crippen LogP contribution in [0.15, 0.2) is 40.9 Å². The molecule has 5 heteroatoms. The van der Waals surface area contributed by atoms with Crippen molar-refractivity contribution < 1.29 is 14.4 Å². The zero-order valence-corrected chi connectivity index (χ0v) is 10.1. The van der Waals surface area contributed by atoms with Crippen molar-refractivity contribution in [2.75, 3.05) is 0 Å². The van der Waals surface area contributed by atoms with Crippen LogP contribution in [0, 0.1) is 0 Å². The fourth-order valence-electron chi connectivity index (χ4n) is 1.79. The van der Waals surface area contributed by atoms with Crippen LogP contribution in [0.25, 0.3) is 20.7 Å². The lowest BCUT2D eigenvalue weighted by Gasteiger charge is -1.94. The van der Waals surface area contributed by atoms with E-state index >= 15 is 0 Å². The average molecular weight is 259 g/mol.